The molecule has 2 rings (SSSR count). The summed E-state index contributed by atoms with van der Waals surface area (Å²) in [7, 11) is 4.32. The van der Waals surface area contributed by atoms with Crippen LogP contribution in [0.4, 0.5) is 0 Å². The molecule has 1 saturated carbocycles. The average molecular weight is 297 g/mol. The van der Waals surface area contributed by atoms with Gasteiger partial charge in [0.25, 0.3) is 0 Å². The minimum Gasteiger partial charge on any atom is -0.465 e. The lowest BCUT2D eigenvalue weighted by atomic mass is 9.98. The molecule has 1 aliphatic heterocycles. The van der Waals surface area contributed by atoms with Gasteiger partial charge in [-0.2, -0.15) is 0 Å². The maximum atomic E-state index is 12.4. The standard InChI is InChI=1S/C16H31N3O2/c1-5-21-15(20)16(2,17-13-6-7-13)12-19(4)14-8-10-18(3)11-9-14/h13-14,17H,5-12H2,1-4H3. The third-order valence-electron chi connectivity index (χ3n) is 4.70. The molecule has 0 amide bonds. The highest BCUT2D eigenvalue weighted by molar-refractivity contribution is 5.80. The van der Waals surface area contributed by atoms with E-state index in [-0.39, 0.29) is 5.97 Å². The highest BCUT2D eigenvalue weighted by Gasteiger charge is 2.41. The van der Waals surface area contributed by atoms with Crippen LogP contribution in [0.1, 0.15) is 39.5 Å². The minimum atomic E-state index is -0.588. The molecule has 5 heteroatoms. The molecule has 2 aliphatic rings. The van der Waals surface area contributed by atoms with Crippen LogP contribution in [0.2, 0.25) is 0 Å². The van der Waals surface area contributed by atoms with Crippen molar-refractivity contribution in [3.63, 3.8) is 0 Å². The third kappa shape index (κ3) is 4.66. The molecule has 1 heterocycles. The van der Waals surface area contributed by atoms with E-state index in [1.807, 2.05) is 13.8 Å². The van der Waals surface area contributed by atoms with Crippen LogP contribution in [0.15, 0.2) is 0 Å². The second kappa shape index (κ2) is 7.07. The fraction of sp³-hybridized carbons (Fsp3) is 0.938. The fourth-order valence-electron chi connectivity index (χ4n) is 3.20. The average Bonchev–Trinajstić information content (AvgIpc) is 3.23. The van der Waals surface area contributed by atoms with Crippen LogP contribution in [0, 0.1) is 0 Å². The van der Waals surface area contributed by atoms with Crippen molar-refractivity contribution in [1.82, 2.24) is 15.1 Å². The number of ether oxygens (including phenoxy) is 1. The summed E-state index contributed by atoms with van der Waals surface area (Å²) in [5.41, 5.74) is -0.588. The highest BCUT2D eigenvalue weighted by Crippen LogP contribution is 2.25. The zero-order chi connectivity index (χ0) is 15.5. The summed E-state index contributed by atoms with van der Waals surface area (Å²) in [5, 5.41) is 3.50. The molecule has 0 aromatic heterocycles. The van der Waals surface area contributed by atoms with Crippen LogP contribution in [0.3, 0.4) is 0 Å². The van der Waals surface area contributed by atoms with Crippen LogP contribution in [0.25, 0.3) is 0 Å². The number of nitrogens with zero attached hydrogens (tertiary/aromatic N) is 2. The Balaban J connectivity index is 1.94. The van der Waals surface area contributed by atoms with Crippen molar-refractivity contribution < 1.29 is 9.53 Å². The number of rotatable bonds is 7. The maximum absolute atomic E-state index is 12.4. The summed E-state index contributed by atoms with van der Waals surface area (Å²) < 4.78 is 5.30. The van der Waals surface area contributed by atoms with Crippen LogP contribution >= 0.6 is 0 Å². The van der Waals surface area contributed by atoms with Crippen LogP contribution in [-0.4, -0.2) is 73.7 Å². The largest absolute Gasteiger partial charge is 0.465 e. The summed E-state index contributed by atoms with van der Waals surface area (Å²) >= 11 is 0. The van der Waals surface area contributed by atoms with Gasteiger partial charge in [-0.25, -0.2) is 0 Å². The molecule has 0 aromatic rings. The molecule has 2 fully saturated rings. The third-order valence-corrected chi connectivity index (χ3v) is 4.70. The number of piperidine rings is 1. The first-order chi connectivity index (χ1) is 9.94. The smallest absolute Gasteiger partial charge is 0.327 e. The van der Waals surface area contributed by atoms with Crippen LogP contribution in [0.5, 0.6) is 0 Å². The van der Waals surface area contributed by atoms with Crippen LogP contribution < -0.4 is 5.32 Å². The number of carbonyl (C=O) groups is 1. The molecule has 5 nitrogen and oxygen atoms in total. The number of esters is 1. The topological polar surface area (TPSA) is 44.8 Å². The zero-order valence-electron chi connectivity index (χ0n) is 14.0. The summed E-state index contributed by atoms with van der Waals surface area (Å²) in [4.78, 5) is 17.1. The SMILES string of the molecule is CCOC(=O)C(C)(CN(C)C1CCN(C)CC1)NC1CC1. The van der Waals surface area contributed by atoms with E-state index >= 15 is 0 Å². The Morgan fingerprint density at radius 2 is 1.95 bits per heavy atom. The Morgan fingerprint density at radius 3 is 2.48 bits per heavy atom. The lowest BCUT2D eigenvalue weighted by molar-refractivity contribution is -0.151. The Hall–Kier alpha value is -0.650. The van der Waals surface area contributed by atoms with Crippen LogP contribution in [-0.2, 0) is 9.53 Å². The first-order valence-corrected chi connectivity index (χ1v) is 8.28. The second-order valence-electron chi connectivity index (χ2n) is 6.92. The van der Waals surface area contributed by atoms with Crippen molar-refractivity contribution in [2.24, 2.45) is 0 Å². The highest BCUT2D eigenvalue weighted by atomic mass is 16.5. The van der Waals surface area contributed by atoms with Crippen molar-refractivity contribution in [3.8, 4) is 0 Å². The molecule has 0 radical (unpaired) electrons. The molecule has 122 valence electrons. The quantitative estimate of drug-likeness (QED) is 0.713. The Bertz CT molecular complexity index is 351. The van der Waals surface area contributed by atoms with E-state index in [1.165, 1.54) is 25.7 Å². The molecule has 0 spiro atoms. The van der Waals surface area contributed by atoms with Gasteiger partial charge in [-0.05, 0) is 66.7 Å². The van der Waals surface area contributed by atoms with Gasteiger partial charge in [-0.15, -0.1) is 0 Å². The lowest BCUT2D eigenvalue weighted by Crippen LogP contribution is -2.59. The summed E-state index contributed by atoms with van der Waals surface area (Å²) in [6, 6.07) is 1.06. The summed E-state index contributed by atoms with van der Waals surface area (Å²) in [5.74, 6) is -0.114. The van der Waals surface area contributed by atoms with Gasteiger partial charge in [0.15, 0.2) is 0 Å². The first-order valence-electron chi connectivity index (χ1n) is 8.28. The number of hydrogen-bond acceptors (Lipinski definition) is 5. The van der Waals surface area contributed by atoms with Gasteiger partial charge in [-0.1, -0.05) is 0 Å². The van der Waals surface area contributed by atoms with Gasteiger partial charge < -0.3 is 14.5 Å². The molecule has 0 bridgehead atoms. The number of hydrogen-bond donors (Lipinski definition) is 1. The summed E-state index contributed by atoms with van der Waals surface area (Å²) in [6.45, 7) is 7.31. The van der Waals surface area contributed by atoms with Gasteiger partial charge in [-0.3, -0.25) is 10.1 Å². The van der Waals surface area contributed by atoms with E-state index < -0.39 is 5.54 Å². The van der Waals surface area contributed by atoms with Crippen molar-refractivity contribution in [1.29, 1.82) is 0 Å². The molecule has 1 unspecified atom stereocenters. The van der Waals surface area contributed by atoms with Gasteiger partial charge in [0.1, 0.15) is 5.54 Å². The Labute approximate surface area is 129 Å². The molecule has 0 aromatic carbocycles. The zero-order valence-corrected chi connectivity index (χ0v) is 14.0. The summed E-state index contributed by atoms with van der Waals surface area (Å²) in [6.07, 6.45) is 4.70. The second-order valence-corrected chi connectivity index (χ2v) is 6.92. The van der Waals surface area contributed by atoms with Crippen molar-refractivity contribution >= 4 is 5.97 Å². The molecule has 1 saturated heterocycles. The number of likely N-dealkylation sites (N-methyl/N-ethyl adjacent to an activating group) is 1. The van der Waals surface area contributed by atoms with Gasteiger partial charge in [0.05, 0.1) is 6.61 Å². The van der Waals surface area contributed by atoms with E-state index in [1.54, 1.807) is 0 Å². The van der Waals surface area contributed by atoms with E-state index in [0.717, 1.165) is 19.6 Å². The van der Waals surface area contributed by atoms with E-state index in [0.29, 0.717) is 18.7 Å². The molecule has 21 heavy (non-hydrogen) atoms. The number of carbonyl (C=O) groups excluding carboxylic acids is 1. The number of likely N-dealkylation sites (tertiary alicyclic amines) is 1. The van der Waals surface area contributed by atoms with E-state index in [9.17, 15) is 4.79 Å². The lowest BCUT2D eigenvalue weighted by Gasteiger charge is -2.39. The Kier molecular flexibility index (Phi) is 5.63. The molecular weight excluding hydrogens is 266 g/mol. The molecular formula is C16H31N3O2. The van der Waals surface area contributed by atoms with Crippen molar-refractivity contribution in [2.45, 2.75) is 57.2 Å². The maximum Gasteiger partial charge on any atom is 0.327 e. The Morgan fingerprint density at radius 1 is 1.33 bits per heavy atom. The van der Waals surface area contributed by atoms with Gasteiger partial charge in [0.2, 0.25) is 0 Å². The predicted molar refractivity (Wildman–Crippen MR) is 84.3 cm³/mol. The molecule has 1 N–H and O–H groups in total. The minimum absolute atomic E-state index is 0.114. The predicted octanol–water partition coefficient (Wildman–Crippen LogP) is 1.09. The van der Waals surface area contributed by atoms with Gasteiger partial charge >= 0.3 is 5.97 Å². The number of nitrogens with one attached hydrogen (secondary N) is 1. The van der Waals surface area contributed by atoms with Crippen molar-refractivity contribution in [2.75, 3.05) is 40.3 Å². The van der Waals surface area contributed by atoms with Crippen molar-refractivity contribution in [3.05, 3.63) is 0 Å². The van der Waals surface area contributed by atoms with Gasteiger partial charge in [0, 0.05) is 18.6 Å². The normalized spacial score (nSPS) is 24.0. The van der Waals surface area contributed by atoms with E-state index in [2.05, 4.69) is 29.2 Å². The van der Waals surface area contributed by atoms with E-state index in [4.69, 9.17) is 4.74 Å². The first kappa shape index (κ1) is 16.7. The fourth-order valence-corrected chi connectivity index (χ4v) is 3.20. The molecule has 1 aliphatic carbocycles. The molecule has 1 atom stereocenters. The monoisotopic (exact) mass is 297 g/mol.